The fraction of sp³-hybridized carbons (Fsp3) is 0.0667. The van der Waals surface area contributed by atoms with E-state index >= 15 is 0 Å². The van der Waals surface area contributed by atoms with Crippen LogP contribution in [0.5, 0.6) is 5.75 Å². The summed E-state index contributed by atoms with van der Waals surface area (Å²) in [5.41, 5.74) is 1.65. The zero-order valence-corrected chi connectivity index (χ0v) is 11.6. The number of rotatable bonds is 2. The Labute approximate surface area is 120 Å². The predicted molar refractivity (Wildman–Crippen MR) is 78.2 cm³/mol. The van der Waals surface area contributed by atoms with E-state index in [4.69, 9.17) is 32.4 Å². The number of hydrogen-bond donors (Lipinski definition) is 0. The average molecular weight is 293 g/mol. The van der Waals surface area contributed by atoms with Gasteiger partial charge in [-0.15, -0.1) is 0 Å². The maximum atomic E-state index is 6.04. The van der Waals surface area contributed by atoms with Crippen LogP contribution in [0, 0.1) is 0 Å². The van der Waals surface area contributed by atoms with E-state index in [1.165, 1.54) is 0 Å². The Morgan fingerprint density at radius 3 is 2.37 bits per heavy atom. The van der Waals surface area contributed by atoms with Gasteiger partial charge in [0.05, 0.1) is 7.11 Å². The smallest absolute Gasteiger partial charge is 0.176 e. The van der Waals surface area contributed by atoms with Crippen molar-refractivity contribution >= 4 is 34.2 Å². The summed E-state index contributed by atoms with van der Waals surface area (Å²) in [6.07, 6.45) is 0. The van der Waals surface area contributed by atoms with Gasteiger partial charge in [0.15, 0.2) is 11.3 Å². The molecule has 0 saturated carbocycles. The largest absolute Gasteiger partial charge is 0.493 e. The maximum absolute atomic E-state index is 6.04. The third-order valence-electron chi connectivity index (χ3n) is 2.90. The average Bonchev–Trinajstić information content (AvgIpc) is 2.82. The molecular formula is C15H10Cl2O2. The zero-order chi connectivity index (χ0) is 13.4. The highest BCUT2D eigenvalue weighted by Gasteiger charge is 2.11. The zero-order valence-electron chi connectivity index (χ0n) is 10.1. The third kappa shape index (κ3) is 2.29. The number of methoxy groups -OCH3 is 1. The summed E-state index contributed by atoms with van der Waals surface area (Å²) >= 11 is 11.9. The normalized spacial score (nSPS) is 10.9. The lowest BCUT2D eigenvalue weighted by atomic mass is 10.1. The fourth-order valence-corrected chi connectivity index (χ4v) is 2.34. The van der Waals surface area contributed by atoms with Gasteiger partial charge in [0, 0.05) is 27.1 Å². The summed E-state index contributed by atoms with van der Waals surface area (Å²) < 4.78 is 11.1. The van der Waals surface area contributed by atoms with Crippen molar-refractivity contribution in [1.29, 1.82) is 0 Å². The van der Waals surface area contributed by atoms with Crippen molar-refractivity contribution in [3.8, 4) is 17.1 Å². The van der Waals surface area contributed by atoms with Gasteiger partial charge in [-0.2, -0.15) is 0 Å². The van der Waals surface area contributed by atoms with E-state index in [-0.39, 0.29) is 0 Å². The molecule has 0 aliphatic heterocycles. The van der Waals surface area contributed by atoms with Crippen molar-refractivity contribution in [1.82, 2.24) is 0 Å². The number of halogens is 2. The highest BCUT2D eigenvalue weighted by Crippen LogP contribution is 2.36. The molecule has 0 aliphatic rings. The van der Waals surface area contributed by atoms with Crippen molar-refractivity contribution < 1.29 is 9.15 Å². The molecule has 0 bridgehead atoms. The minimum atomic E-state index is 0.618. The highest BCUT2D eigenvalue weighted by atomic mass is 35.5. The minimum Gasteiger partial charge on any atom is -0.493 e. The first kappa shape index (κ1) is 12.4. The van der Waals surface area contributed by atoms with Crippen LogP contribution in [0.25, 0.3) is 22.3 Å². The summed E-state index contributed by atoms with van der Waals surface area (Å²) in [4.78, 5) is 0. The van der Waals surface area contributed by atoms with E-state index in [1.807, 2.05) is 36.4 Å². The van der Waals surface area contributed by atoms with Crippen molar-refractivity contribution in [3.05, 3.63) is 52.5 Å². The molecule has 0 spiro atoms. The Kier molecular flexibility index (Phi) is 3.13. The molecule has 1 aromatic heterocycles. The van der Waals surface area contributed by atoms with Crippen LogP contribution in [-0.2, 0) is 0 Å². The van der Waals surface area contributed by atoms with Crippen LogP contribution in [0.15, 0.2) is 46.9 Å². The second-order valence-electron chi connectivity index (χ2n) is 4.14. The highest BCUT2D eigenvalue weighted by molar-refractivity contribution is 6.31. The molecule has 0 N–H and O–H groups in total. The van der Waals surface area contributed by atoms with E-state index in [0.717, 1.165) is 16.7 Å². The van der Waals surface area contributed by atoms with Gasteiger partial charge >= 0.3 is 0 Å². The molecule has 4 heteroatoms. The van der Waals surface area contributed by atoms with Crippen molar-refractivity contribution in [3.63, 3.8) is 0 Å². The van der Waals surface area contributed by atoms with Crippen molar-refractivity contribution in [2.75, 3.05) is 7.11 Å². The standard InChI is InChI=1S/C15H10Cl2O2/c1-18-14-8-12(17)6-10-7-13(19-15(10)14)9-2-4-11(16)5-3-9/h2-8H,1H3. The number of fused-ring (bicyclic) bond motifs is 1. The summed E-state index contributed by atoms with van der Waals surface area (Å²) in [5.74, 6) is 1.38. The lowest BCUT2D eigenvalue weighted by molar-refractivity contribution is 0.411. The summed E-state index contributed by atoms with van der Waals surface area (Å²) in [7, 11) is 1.59. The van der Waals surface area contributed by atoms with Crippen molar-refractivity contribution in [2.45, 2.75) is 0 Å². The molecule has 0 saturated heterocycles. The lowest BCUT2D eigenvalue weighted by Gasteiger charge is -2.00. The van der Waals surface area contributed by atoms with Crippen LogP contribution < -0.4 is 4.74 Å². The topological polar surface area (TPSA) is 22.4 Å². The molecule has 0 unspecified atom stereocenters. The summed E-state index contributed by atoms with van der Waals surface area (Å²) in [5, 5.41) is 2.22. The second-order valence-corrected chi connectivity index (χ2v) is 5.02. The predicted octanol–water partition coefficient (Wildman–Crippen LogP) is 5.42. The molecule has 2 nitrogen and oxygen atoms in total. The minimum absolute atomic E-state index is 0.618. The van der Waals surface area contributed by atoms with E-state index in [9.17, 15) is 0 Å². The SMILES string of the molecule is COc1cc(Cl)cc2cc(-c3ccc(Cl)cc3)oc12. The second kappa shape index (κ2) is 4.80. The Balaban J connectivity index is 2.18. The first-order valence-corrected chi connectivity index (χ1v) is 6.46. The van der Waals surface area contributed by atoms with Crippen LogP contribution in [0.2, 0.25) is 10.0 Å². The molecule has 0 fully saturated rings. The van der Waals surface area contributed by atoms with Crippen LogP contribution in [0.4, 0.5) is 0 Å². The maximum Gasteiger partial charge on any atom is 0.176 e. The fourth-order valence-electron chi connectivity index (χ4n) is 1.99. The Morgan fingerprint density at radius 1 is 0.947 bits per heavy atom. The molecule has 0 amide bonds. The number of hydrogen-bond acceptors (Lipinski definition) is 2. The lowest BCUT2D eigenvalue weighted by Crippen LogP contribution is -1.82. The number of benzene rings is 2. The molecule has 0 aliphatic carbocycles. The van der Waals surface area contributed by atoms with Crippen molar-refractivity contribution in [2.24, 2.45) is 0 Å². The molecule has 0 radical (unpaired) electrons. The Bertz CT molecular complexity index is 730. The molecule has 19 heavy (non-hydrogen) atoms. The summed E-state index contributed by atoms with van der Waals surface area (Å²) in [6.45, 7) is 0. The molecule has 1 heterocycles. The van der Waals surface area contributed by atoms with Gasteiger partial charge in [0.1, 0.15) is 5.76 Å². The van der Waals surface area contributed by atoms with Gasteiger partial charge < -0.3 is 9.15 Å². The Morgan fingerprint density at radius 2 is 1.68 bits per heavy atom. The summed E-state index contributed by atoms with van der Waals surface area (Å²) in [6, 6.07) is 13.0. The van der Waals surface area contributed by atoms with Gasteiger partial charge in [-0.3, -0.25) is 0 Å². The monoisotopic (exact) mass is 292 g/mol. The molecular weight excluding hydrogens is 283 g/mol. The quantitative estimate of drug-likeness (QED) is 0.630. The molecule has 3 aromatic rings. The van der Waals surface area contributed by atoms with Crippen LogP contribution in [-0.4, -0.2) is 7.11 Å². The third-order valence-corrected chi connectivity index (χ3v) is 3.37. The number of ether oxygens (including phenoxy) is 1. The van der Waals surface area contributed by atoms with Crippen LogP contribution in [0.1, 0.15) is 0 Å². The van der Waals surface area contributed by atoms with E-state index in [1.54, 1.807) is 13.2 Å². The molecule has 96 valence electrons. The molecule has 2 aromatic carbocycles. The number of furan rings is 1. The van der Waals surface area contributed by atoms with Gasteiger partial charge in [0.2, 0.25) is 0 Å². The first-order chi connectivity index (χ1) is 9.17. The van der Waals surface area contributed by atoms with Crippen LogP contribution >= 0.6 is 23.2 Å². The molecule has 3 rings (SSSR count). The Hall–Kier alpha value is -1.64. The first-order valence-electron chi connectivity index (χ1n) is 5.70. The van der Waals surface area contributed by atoms with Gasteiger partial charge in [0.25, 0.3) is 0 Å². The van der Waals surface area contributed by atoms with Crippen LogP contribution in [0.3, 0.4) is 0 Å². The van der Waals surface area contributed by atoms with Gasteiger partial charge in [-0.05, 0) is 36.4 Å². The van der Waals surface area contributed by atoms with E-state index in [0.29, 0.717) is 21.4 Å². The van der Waals surface area contributed by atoms with E-state index in [2.05, 4.69) is 0 Å². The van der Waals surface area contributed by atoms with E-state index < -0.39 is 0 Å². The molecule has 0 atom stereocenters. The van der Waals surface area contributed by atoms with Gasteiger partial charge in [-0.1, -0.05) is 23.2 Å². The van der Waals surface area contributed by atoms with Gasteiger partial charge in [-0.25, -0.2) is 0 Å².